The molecule has 2 N–H and O–H groups in total. The van der Waals surface area contributed by atoms with Gasteiger partial charge in [-0.05, 0) is 70.4 Å². The molecule has 0 fully saturated rings. The molecule has 9 heteroatoms. The second-order valence-electron chi connectivity index (χ2n) is 8.67. The number of phenolic OH excluding ortho intramolecular Hbond substituents is 2. The molecule has 36 heavy (non-hydrogen) atoms. The Kier molecular flexibility index (Phi) is 10.3. The van der Waals surface area contributed by atoms with E-state index in [2.05, 4.69) is 36.0 Å². The predicted molar refractivity (Wildman–Crippen MR) is 143 cm³/mol. The molecule has 186 valence electrons. The van der Waals surface area contributed by atoms with Crippen molar-refractivity contribution in [2.45, 2.75) is 13.8 Å². The molecule has 2 aromatic heterocycles. The van der Waals surface area contributed by atoms with Crippen LogP contribution in [0.2, 0.25) is 0 Å². The van der Waals surface area contributed by atoms with Crippen LogP contribution in [-0.4, -0.2) is 35.7 Å². The minimum atomic E-state index is -2.25. The van der Waals surface area contributed by atoms with E-state index in [1.165, 1.54) is 0 Å². The molecule has 0 radical (unpaired) electrons. The van der Waals surface area contributed by atoms with Gasteiger partial charge in [0.25, 0.3) is 0 Å². The molecule has 0 saturated carbocycles. The monoisotopic (exact) mass is 690 g/mol. The van der Waals surface area contributed by atoms with E-state index in [4.69, 9.17) is 6.80 Å². The molecular weight excluding hydrogens is 664 g/mol. The molecule has 0 spiro atoms. The zero-order valence-corrected chi connectivity index (χ0v) is 24.4. The number of phenols is 2. The van der Waals surface area contributed by atoms with Gasteiger partial charge in [0.05, 0.1) is 0 Å². The Morgan fingerprint density at radius 1 is 0.778 bits per heavy atom. The summed E-state index contributed by atoms with van der Waals surface area (Å²) >= 11 is 1.09. The molecule has 0 aliphatic rings. The summed E-state index contributed by atoms with van der Waals surface area (Å²) in [5, 5.41) is 24.5. The van der Waals surface area contributed by atoms with Crippen LogP contribution in [-0.2, 0) is 25.3 Å². The summed E-state index contributed by atoms with van der Waals surface area (Å²) in [6.07, 6.45) is 3.46. The van der Waals surface area contributed by atoms with Crippen molar-refractivity contribution in [1.82, 2.24) is 0 Å². The van der Waals surface area contributed by atoms with Crippen LogP contribution in [0, 0.1) is 5.41 Å². The average molecular weight is 690 g/mol. The molecule has 0 amide bonds. The van der Waals surface area contributed by atoms with Gasteiger partial charge in [-0.1, -0.05) is 26.0 Å². The van der Waals surface area contributed by atoms with Crippen molar-refractivity contribution >= 4 is 35.1 Å². The minimum absolute atomic E-state index is 0.172. The molecule has 6 nitrogen and oxygen atoms in total. The van der Waals surface area contributed by atoms with Gasteiger partial charge in [0, 0.05) is 51.8 Å². The van der Waals surface area contributed by atoms with Crippen molar-refractivity contribution in [3.63, 3.8) is 0 Å². The van der Waals surface area contributed by atoms with Gasteiger partial charge in [0.1, 0.15) is 11.5 Å². The van der Waals surface area contributed by atoms with Gasteiger partial charge in [0.2, 0.25) is 0 Å². The second-order valence-corrected chi connectivity index (χ2v) is 11.1. The Balaban J connectivity index is 0.00000115. The Bertz CT molecular complexity index is 1260. The zero-order valence-electron chi connectivity index (χ0n) is 19.8. The van der Waals surface area contributed by atoms with Crippen LogP contribution in [0.1, 0.15) is 25.0 Å². The van der Waals surface area contributed by atoms with E-state index in [0.717, 1.165) is 20.9 Å². The van der Waals surface area contributed by atoms with Gasteiger partial charge in [0.15, 0.2) is 0 Å². The number of nitrogens with zero attached hydrogens (tertiary/aromatic N) is 2. The zero-order chi connectivity index (χ0) is 26.0. The van der Waals surface area contributed by atoms with E-state index >= 15 is 0 Å². The fourth-order valence-corrected chi connectivity index (χ4v) is 4.79. The van der Waals surface area contributed by atoms with Gasteiger partial charge in [-0.2, -0.15) is 0 Å². The fourth-order valence-electron chi connectivity index (χ4n) is 3.34. The Labute approximate surface area is 226 Å². The van der Waals surface area contributed by atoms with Crippen LogP contribution in [0.25, 0.3) is 20.9 Å². The normalized spacial score (nSPS) is 11.5. The fraction of sp³-hybridized carbons (Fsp3) is 0.185. The van der Waals surface area contributed by atoms with Crippen LogP contribution in [0.3, 0.4) is 0 Å². The molecular formula is C27H26N2O4S2W. The molecule has 4 aromatic rings. The van der Waals surface area contributed by atoms with Crippen molar-refractivity contribution < 1.29 is 35.5 Å². The molecule has 0 saturated heterocycles. The van der Waals surface area contributed by atoms with Crippen LogP contribution >= 0.6 is 22.7 Å². The number of aromatic hydroxyl groups is 2. The first kappa shape index (κ1) is 27.7. The molecule has 0 bridgehead atoms. The van der Waals surface area contributed by atoms with Crippen LogP contribution in [0.15, 0.2) is 81.4 Å². The van der Waals surface area contributed by atoms with Gasteiger partial charge < -0.3 is 10.2 Å². The number of benzene rings is 2. The summed E-state index contributed by atoms with van der Waals surface area (Å²) in [7, 11) is 0. The first-order chi connectivity index (χ1) is 17.3. The molecule has 0 aliphatic heterocycles. The molecule has 0 aliphatic carbocycles. The van der Waals surface area contributed by atoms with E-state index in [1.807, 2.05) is 47.2 Å². The molecule has 2 aromatic carbocycles. The van der Waals surface area contributed by atoms with Crippen molar-refractivity contribution in [1.29, 1.82) is 0 Å². The first-order valence-electron chi connectivity index (χ1n) is 11.0. The first-order valence-corrected chi connectivity index (χ1v) is 15.1. The standard InChI is InChI=1S/C27H26N2O2S2.2O.W/c1-27(2,17-28-15-21-13-19(7-9-23(21)30)25-5-3-11-32-25)18-29-16-22-14-20(8-10-24(22)31)26-6-4-12-33-26;;;/h3-16,30-31H,17-18H2,1-2H3;;;. The molecule has 0 atom stereocenters. The van der Waals surface area contributed by atoms with E-state index in [1.54, 1.807) is 47.2 Å². The summed E-state index contributed by atoms with van der Waals surface area (Å²) in [6.45, 7) is 5.33. The van der Waals surface area contributed by atoms with Gasteiger partial charge in [-0.25, -0.2) is 0 Å². The quantitative estimate of drug-likeness (QED) is 0.197. The summed E-state index contributed by atoms with van der Waals surface area (Å²) in [6, 6.07) is 19.3. The SMILES string of the molecule is CC(C)(CN=Cc1cc(-c2cccs2)ccc1O)CN=Cc1cc(-c2cccs2)ccc1O.[O]=[W]=[O]. The number of rotatable bonds is 8. The Morgan fingerprint density at radius 3 is 1.56 bits per heavy atom. The summed E-state index contributed by atoms with van der Waals surface area (Å²) in [5.74, 6) is 0.437. The topological polar surface area (TPSA) is 99.3 Å². The predicted octanol–water partition coefficient (Wildman–Crippen LogP) is 6.88. The van der Waals surface area contributed by atoms with E-state index < -0.39 is 18.5 Å². The van der Waals surface area contributed by atoms with Crippen molar-refractivity contribution in [2.75, 3.05) is 13.1 Å². The van der Waals surface area contributed by atoms with E-state index in [0.29, 0.717) is 24.2 Å². The molecule has 0 unspecified atom stereocenters. The van der Waals surface area contributed by atoms with Gasteiger partial charge in [-0.15, -0.1) is 22.7 Å². The number of hydrogen-bond donors (Lipinski definition) is 2. The van der Waals surface area contributed by atoms with E-state index in [9.17, 15) is 10.2 Å². The number of aliphatic imine (C=N–C) groups is 2. The molecule has 2 heterocycles. The van der Waals surface area contributed by atoms with Gasteiger partial charge in [-0.3, -0.25) is 9.98 Å². The van der Waals surface area contributed by atoms with Crippen LogP contribution in [0.4, 0.5) is 0 Å². The van der Waals surface area contributed by atoms with Crippen molar-refractivity contribution in [3.8, 4) is 32.4 Å². The summed E-state index contributed by atoms with van der Waals surface area (Å²) in [4.78, 5) is 11.5. The number of thiophene rings is 2. The maximum absolute atomic E-state index is 10.2. The van der Waals surface area contributed by atoms with Crippen LogP contribution < -0.4 is 0 Å². The third kappa shape index (κ3) is 8.05. The third-order valence-electron chi connectivity index (χ3n) is 5.17. The van der Waals surface area contributed by atoms with Gasteiger partial charge >= 0.3 is 25.3 Å². The Morgan fingerprint density at radius 2 is 1.19 bits per heavy atom. The van der Waals surface area contributed by atoms with Crippen molar-refractivity contribution in [2.24, 2.45) is 15.4 Å². The summed E-state index contributed by atoms with van der Waals surface area (Å²) in [5.41, 5.74) is 3.37. The third-order valence-corrected chi connectivity index (χ3v) is 7.00. The number of hydrogen-bond acceptors (Lipinski definition) is 8. The molecule has 4 rings (SSSR count). The summed E-state index contributed by atoms with van der Waals surface area (Å²) < 4.78 is 17.1. The Hall–Kier alpha value is -2.93. The second kappa shape index (κ2) is 13.4. The van der Waals surface area contributed by atoms with E-state index in [-0.39, 0.29) is 16.9 Å². The average Bonchev–Trinajstić information content (AvgIpc) is 3.57. The van der Waals surface area contributed by atoms with Crippen molar-refractivity contribution in [3.05, 3.63) is 82.6 Å². The maximum atomic E-state index is 10.2. The van der Waals surface area contributed by atoms with Crippen LogP contribution in [0.5, 0.6) is 11.5 Å².